The molecule has 0 aromatic heterocycles. The lowest BCUT2D eigenvalue weighted by atomic mass is 9.70. The van der Waals surface area contributed by atoms with Crippen LogP contribution in [0.2, 0.25) is 0 Å². The number of ether oxygens (including phenoxy) is 2. The van der Waals surface area contributed by atoms with Crippen LogP contribution in [0.1, 0.15) is 64.2 Å². The van der Waals surface area contributed by atoms with Gasteiger partial charge in [-0.25, -0.2) is 0 Å². The number of amides is 2. The van der Waals surface area contributed by atoms with Crippen molar-refractivity contribution in [2.45, 2.75) is 88.0 Å². The van der Waals surface area contributed by atoms with Crippen LogP contribution in [-0.4, -0.2) is 82.8 Å². The maximum atomic E-state index is 14.3. The molecule has 2 unspecified atom stereocenters. The Labute approximate surface area is 208 Å². The van der Waals surface area contributed by atoms with Crippen LogP contribution in [0.4, 0.5) is 0 Å². The maximum Gasteiger partial charge on any atom is 0.312 e. The van der Waals surface area contributed by atoms with E-state index in [-0.39, 0.29) is 31.1 Å². The highest BCUT2D eigenvalue weighted by molar-refractivity contribution is 5.98. The number of esters is 1. The Kier molecular flexibility index (Phi) is 8.32. The Morgan fingerprint density at radius 1 is 1.17 bits per heavy atom. The van der Waals surface area contributed by atoms with E-state index in [1.54, 1.807) is 17.1 Å². The number of carbonyl (C=O) groups is 3. The molecule has 0 aromatic carbocycles. The van der Waals surface area contributed by atoms with Gasteiger partial charge in [-0.1, -0.05) is 31.4 Å². The molecule has 0 radical (unpaired) electrons. The van der Waals surface area contributed by atoms with Crippen LogP contribution >= 0.6 is 0 Å². The number of unbranched alkanes of at least 4 members (excludes halogenated alkanes) is 1. The Bertz CT molecular complexity index is 824. The lowest BCUT2D eigenvalue weighted by molar-refractivity contribution is -0.155. The second kappa shape index (κ2) is 11.2. The summed E-state index contributed by atoms with van der Waals surface area (Å²) < 4.78 is 12.0. The summed E-state index contributed by atoms with van der Waals surface area (Å²) in [4.78, 5) is 44.7. The third-order valence-corrected chi connectivity index (χ3v) is 8.30. The van der Waals surface area contributed by atoms with Gasteiger partial charge in [0.25, 0.3) is 0 Å². The van der Waals surface area contributed by atoms with Gasteiger partial charge >= 0.3 is 5.97 Å². The van der Waals surface area contributed by atoms with Gasteiger partial charge < -0.3 is 24.4 Å². The third-order valence-electron chi connectivity index (χ3n) is 8.30. The largest absolute Gasteiger partial charge is 0.465 e. The molecule has 8 heteroatoms. The summed E-state index contributed by atoms with van der Waals surface area (Å²) >= 11 is 0. The lowest BCUT2D eigenvalue weighted by Gasteiger charge is -2.40. The van der Waals surface area contributed by atoms with E-state index in [9.17, 15) is 19.5 Å². The van der Waals surface area contributed by atoms with Crippen molar-refractivity contribution < 1.29 is 29.0 Å². The van der Waals surface area contributed by atoms with Crippen LogP contribution in [0.15, 0.2) is 25.3 Å². The van der Waals surface area contributed by atoms with Crippen molar-refractivity contribution in [3.63, 3.8) is 0 Å². The number of aliphatic hydroxyl groups is 1. The SMILES string of the molecule is C=CCCOC(=O)[C@@H]1[C@H]2C(=O)N(CCCCO)C(C(=O)N(CC=C)C3CCCCC3)C23CC[C@H]1O3. The quantitative estimate of drug-likeness (QED) is 0.258. The average Bonchev–Trinajstić information content (AvgIpc) is 3.50. The molecule has 4 fully saturated rings. The lowest BCUT2D eigenvalue weighted by Crippen LogP contribution is -2.58. The zero-order valence-corrected chi connectivity index (χ0v) is 20.7. The van der Waals surface area contributed by atoms with Crippen molar-refractivity contribution in [3.8, 4) is 0 Å². The number of fused-ring (bicyclic) bond motifs is 1. The fraction of sp³-hybridized carbons (Fsp3) is 0.741. The van der Waals surface area contributed by atoms with E-state index in [0.29, 0.717) is 45.2 Å². The molecule has 5 atom stereocenters. The van der Waals surface area contributed by atoms with Crippen LogP contribution in [0.5, 0.6) is 0 Å². The van der Waals surface area contributed by atoms with Gasteiger partial charge in [0.1, 0.15) is 11.6 Å². The second-order valence-corrected chi connectivity index (χ2v) is 10.3. The van der Waals surface area contributed by atoms with E-state index in [2.05, 4.69) is 13.2 Å². The van der Waals surface area contributed by atoms with Gasteiger partial charge in [0.2, 0.25) is 11.8 Å². The van der Waals surface area contributed by atoms with Crippen molar-refractivity contribution in [3.05, 3.63) is 25.3 Å². The molecule has 2 amide bonds. The van der Waals surface area contributed by atoms with E-state index in [1.807, 2.05) is 4.90 Å². The first kappa shape index (κ1) is 25.9. The molecule has 35 heavy (non-hydrogen) atoms. The number of aliphatic hydroxyl groups excluding tert-OH is 1. The minimum atomic E-state index is -1.01. The monoisotopic (exact) mass is 488 g/mol. The molecule has 4 aliphatic rings. The average molecular weight is 489 g/mol. The highest BCUT2D eigenvalue weighted by Crippen LogP contribution is 2.59. The highest BCUT2D eigenvalue weighted by Gasteiger charge is 2.75. The predicted molar refractivity (Wildman–Crippen MR) is 130 cm³/mol. The Morgan fingerprint density at radius 2 is 1.94 bits per heavy atom. The first-order valence-corrected chi connectivity index (χ1v) is 13.3. The number of rotatable bonds is 12. The van der Waals surface area contributed by atoms with Crippen LogP contribution in [0.3, 0.4) is 0 Å². The number of likely N-dealkylation sites (tertiary alicyclic amines) is 1. The zero-order chi connectivity index (χ0) is 25.0. The van der Waals surface area contributed by atoms with Gasteiger partial charge in [0.15, 0.2) is 0 Å². The number of nitrogens with zero attached hydrogens (tertiary/aromatic N) is 2. The molecule has 4 rings (SSSR count). The zero-order valence-electron chi connectivity index (χ0n) is 20.7. The predicted octanol–water partition coefficient (Wildman–Crippen LogP) is 2.60. The standard InChI is InChI=1S/C27H40N2O6/c1-3-5-18-34-26(33)21-20-13-14-27(35-20)22(21)24(31)29(16-9-10-17-30)23(27)25(32)28(15-4-2)19-11-7-6-8-12-19/h3-4,19-23,30H,1-2,5-18H2/t20-,21+,22+,23?,27?/m1/s1. The van der Waals surface area contributed by atoms with Crippen LogP contribution < -0.4 is 0 Å². The van der Waals surface area contributed by atoms with E-state index in [0.717, 1.165) is 25.7 Å². The van der Waals surface area contributed by atoms with Gasteiger partial charge in [-0.15, -0.1) is 13.2 Å². The fourth-order valence-electron chi connectivity index (χ4n) is 6.78. The van der Waals surface area contributed by atoms with Crippen molar-refractivity contribution in [2.24, 2.45) is 11.8 Å². The Morgan fingerprint density at radius 3 is 2.63 bits per heavy atom. The highest BCUT2D eigenvalue weighted by atomic mass is 16.6. The fourth-order valence-corrected chi connectivity index (χ4v) is 6.78. The van der Waals surface area contributed by atoms with E-state index >= 15 is 0 Å². The first-order chi connectivity index (χ1) is 17.0. The summed E-state index contributed by atoms with van der Waals surface area (Å²) in [6, 6.07) is -0.645. The van der Waals surface area contributed by atoms with Crippen LogP contribution in [0, 0.1) is 11.8 Å². The van der Waals surface area contributed by atoms with Gasteiger partial charge in [-0.05, 0) is 44.9 Å². The number of hydrogen-bond donors (Lipinski definition) is 1. The van der Waals surface area contributed by atoms with Gasteiger partial charge in [0, 0.05) is 25.7 Å². The minimum Gasteiger partial charge on any atom is -0.465 e. The number of carbonyl (C=O) groups excluding carboxylic acids is 3. The molecule has 0 aromatic rings. The summed E-state index contributed by atoms with van der Waals surface area (Å²) in [5.74, 6) is -2.12. The molecule has 3 heterocycles. The molecular formula is C27H40N2O6. The van der Waals surface area contributed by atoms with Crippen molar-refractivity contribution in [1.29, 1.82) is 0 Å². The van der Waals surface area contributed by atoms with Crippen molar-refractivity contribution in [2.75, 3.05) is 26.3 Å². The topological polar surface area (TPSA) is 96.4 Å². The molecule has 1 N–H and O–H groups in total. The summed E-state index contributed by atoms with van der Waals surface area (Å²) in [5, 5.41) is 9.31. The summed E-state index contributed by atoms with van der Waals surface area (Å²) in [7, 11) is 0. The molecule has 1 saturated carbocycles. The van der Waals surface area contributed by atoms with E-state index < -0.39 is 35.6 Å². The van der Waals surface area contributed by atoms with E-state index in [1.165, 1.54) is 6.42 Å². The smallest absolute Gasteiger partial charge is 0.312 e. The molecule has 3 aliphatic heterocycles. The van der Waals surface area contributed by atoms with Gasteiger partial charge in [-0.3, -0.25) is 14.4 Å². The normalized spacial score (nSPS) is 31.9. The van der Waals surface area contributed by atoms with Gasteiger partial charge in [0.05, 0.1) is 24.5 Å². The molecule has 2 bridgehead atoms. The molecule has 3 saturated heterocycles. The van der Waals surface area contributed by atoms with E-state index in [4.69, 9.17) is 9.47 Å². The summed E-state index contributed by atoms with van der Waals surface area (Å²) in [6.07, 6.45) is 11.1. The maximum absolute atomic E-state index is 14.3. The van der Waals surface area contributed by atoms with Crippen LogP contribution in [0.25, 0.3) is 0 Å². The summed E-state index contributed by atoms with van der Waals surface area (Å²) in [6.45, 7) is 8.56. The molecular weight excluding hydrogens is 448 g/mol. The molecule has 1 aliphatic carbocycles. The third kappa shape index (κ3) is 4.67. The minimum absolute atomic E-state index is 0.0245. The Hall–Kier alpha value is -2.19. The molecule has 1 spiro atoms. The molecule has 8 nitrogen and oxygen atoms in total. The van der Waals surface area contributed by atoms with Crippen molar-refractivity contribution >= 4 is 17.8 Å². The van der Waals surface area contributed by atoms with Crippen molar-refractivity contribution in [1.82, 2.24) is 9.80 Å². The number of hydrogen-bond acceptors (Lipinski definition) is 6. The second-order valence-electron chi connectivity index (χ2n) is 10.3. The summed E-state index contributed by atoms with van der Waals surface area (Å²) in [5.41, 5.74) is -1.01. The molecule has 194 valence electrons. The van der Waals surface area contributed by atoms with Crippen LogP contribution in [-0.2, 0) is 23.9 Å². The Balaban J connectivity index is 1.65. The van der Waals surface area contributed by atoms with Gasteiger partial charge in [-0.2, -0.15) is 0 Å². The first-order valence-electron chi connectivity index (χ1n) is 13.3.